The summed E-state index contributed by atoms with van der Waals surface area (Å²) in [7, 11) is 3.08. The highest BCUT2D eigenvalue weighted by molar-refractivity contribution is 6.41. The molecular weight excluding hydrogens is 567 g/mol. The van der Waals surface area contributed by atoms with E-state index in [9.17, 15) is 4.79 Å². The highest BCUT2D eigenvalue weighted by atomic mass is 35.5. The number of nitrogens with zero attached hydrogens (tertiary/aromatic N) is 3. The highest BCUT2D eigenvalue weighted by Crippen LogP contribution is 2.46. The number of fused-ring (bicyclic) bond motifs is 1. The van der Waals surface area contributed by atoms with E-state index in [0.29, 0.717) is 71.3 Å². The molecule has 2 fully saturated rings. The number of ketones is 1. The van der Waals surface area contributed by atoms with Crippen molar-refractivity contribution in [3.8, 4) is 22.8 Å². The third kappa shape index (κ3) is 6.09. The molecule has 9 nitrogen and oxygen atoms in total. The van der Waals surface area contributed by atoms with Crippen LogP contribution in [-0.2, 0) is 14.3 Å². The normalized spacial score (nSPS) is 22.5. The number of allylic oxidation sites excluding steroid dienone is 1. The maximum Gasteiger partial charge on any atom is 0.155 e. The molecule has 0 radical (unpaired) electrons. The van der Waals surface area contributed by atoms with Crippen LogP contribution in [-0.4, -0.2) is 74.5 Å². The lowest BCUT2D eigenvalue weighted by Crippen LogP contribution is -2.46. The van der Waals surface area contributed by atoms with E-state index in [1.165, 1.54) is 6.08 Å². The molecule has 41 heavy (non-hydrogen) atoms. The smallest absolute Gasteiger partial charge is 0.155 e. The van der Waals surface area contributed by atoms with Crippen molar-refractivity contribution in [2.75, 3.05) is 50.7 Å². The molecule has 0 spiro atoms. The fourth-order valence-corrected chi connectivity index (χ4v) is 6.22. The molecule has 0 amide bonds. The van der Waals surface area contributed by atoms with Gasteiger partial charge < -0.3 is 29.2 Å². The molecule has 218 valence electrons. The summed E-state index contributed by atoms with van der Waals surface area (Å²) in [5.41, 5.74) is 1.09. The number of anilines is 2. The van der Waals surface area contributed by atoms with Crippen molar-refractivity contribution >= 4 is 51.4 Å². The quantitative estimate of drug-likeness (QED) is 0.305. The predicted molar refractivity (Wildman–Crippen MR) is 162 cm³/mol. The van der Waals surface area contributed by atoms with Gasteiger partial charge in [0.25, 0.3) is 0 Å². The maximum atomic E-state index is 12.0. The number of rotatable bonds is 9. The second-order valence-corrected chi connectivity index (χ2v) is 11.2. The Labute approximate surface area is 249 Å². The number of halogens is 2. The lowest BCUT2D eigenvalue weighted by Gasteiger charge is -2.36. The second kappa shape index (κ2) is 12.4. The van der Waals surface area contributed by atoms with Crippen molar-refractivity contribution < 1.29 is 23.7 Å². The summed E-state index contributed by atoms with van der Waals surface area (Å²) in [5, 5.41) is 5.93. The van der Waals surface area contributed by atoms with Gasteiger partial charge in [0.05, 0.1) is 61.4 Å². The molecule has 4 atom stereocenters. The Morgan fingerprint density at radius 3 is 2.44 bits per heavy atom. The van der Waals surface area contributed by atoms with Crippen LogP contribution in [0.15, 0.2) is 37.1 Å². The van der Waals surface area contributed by atoms with Crippen LogP contribution in [0.4, 0.5) is 11.6 Å². The van der Waals surface area contributed by atoms with E-state index in [1.807, 2.05) is 12.1 Å². The molecule has 0 saturated carbocycles. The number of benzene rings is 1. The van der Waals surface area contributed by atoms with Crippen LogP contribution >= 0.6 is 23.2 Å². The van der Waals surface area contributed by atoms with E-state index in [-0.39, 0.29) is 30.0 Å². The lowest BCUT2D eigenvalue weighted by molar-refractivity contribution is -0.115. The molecule has 2 aliphatic heterocycles. The zero-order valence-electron chi connectivity index (χ0n) is 23.6. The first-order chi connectivity index (χ1) is 19.7. The summed E-state index contributed by atoms with van der Waals surface area (Å²) in [4.78, 5) is 24.1. The first-order valence-corrected chi connectivity index (χ1v) is 14.3. The summed E-state index contributed by atoms with van der Waals surface area (Å²) in [6, 6.07) is 5.51. The lowest BCUT2D eigenvalue weighted by atomic mass is 9.97. The minimum absolute atomic E-state index is 0.000150. The third-order valence-electron chi connectivity index (χ3n) is 7.47. The Kier molecular flexibility index (Phi) is 8.89. The highest BCUT2D eigenvalue weighted by Gasteiger charge is 2.31. The van der Waals surface area contributed by atoms with Crippen LogP contribution in [0.25, 0.3) is 22.0 Å². The molecule has 0 bridgehead atoms. The summed E-state index contributed by atoms with van der Waals surface area (Å²) < 4.78 is 22.7. The Morgan fingerprint density at radius 1 is 1.12 bits per heavy atom. The fraction of sp³-hybridized carbons (Fsp3) is 0.433. The van der Waals surface area contributed by atoms with Gasteiger partial charge in [-0.05, 0) is 32.1 Å². The molecule has 2 aromatic heterocycles. The average Bonchev–Trinajstić information content (AvgIpc) is 3.38. The summed E-state index contributed by atoms with van der Waals surface area (Å²) in [6.45, 7) is 10.0. The number of aromatic nitrogens is 2. The zero-order valence-corrected chi connectivity index (χ0v) is 25.1. The van der Waals surface area contributed by atoms with E-state index in [4.69, 9.17) is 52.1 Å². The topological polar surface area (TPSA) is 95.0 Å². The third-order valence-corrected chi connectivity index (χ3v) is 8.22. The number of carbonyl (C=O) groups is 1. The van der Waals surface area contributed by atoms with Crippen LogP contribution in [0.2, 0.25) is 10.0 Å². The van der Waals surface area contributed by atoms with Crippen LogP contribution in [0.3, 0.4) is 0 Å². The van der Waals surface area contributed by atoms with Crippen LogP contribution < -0.4 is 19.7 Å². The van der Waals surface area contributed by atoms with Crippen molar-refractivity contribution in [1.29, 1.82) is 0 Å². The molecule has 11 heteroatoms. The van der Waals surface area contributed by atoms with Gasteiger partial charge in [0.2, 0.25) is 0 Å². The Balaban J connectivity index is 1.61. The second-order valence-electron chi connectivity index (χ2n) is 10.5. The molecule has 1 N–H and O–H groups in total. The number of pyridine rings is 2. The molecule has 4 heterocycles. The van der Waals surface area contributed by atoms with E-state index in [2.05, 4.69) is 30.6 Å². The Hall–Kier alpha value is -3.11. The van der Waals surface area contributed by atoms with Crippen molar-refractivity contribution in [3.63, 3.8) is 0 Å². The van der Waals surface area contributed by atoms with E-state index < -0.39 is 0 Å². The molecule has 3 aromatic rings. The molecule has 2 aliphatic rings. The molecule has 2 saturated heterocycles. The summed E-state index contributed by atoms with van der Waals surface area (Å²) in [5.74, 6) is 2.33. The van der Waals surface area contributed by atoms with Gasteiger partial charge >= 0.3 is 0 Å². The Morgan fingerprint density at radius 2 is 1.80 bits per heavy atom. The van der Waals surface area contributed by atoms with Gasteiger partial charge in [-0.15, -0.1) is 0 Å². The monoisotopic (exact) mass is 600 g/mol. The van der Waals surface area contributed by atoms with E-state index in [0.717, 1.165) is 16.6 Å². The minimum atomic E-state index is -0.0511. The number of morpholine rings is 1. The van der Waals surface area contributed by atoms with Gasteiger partial charge in [0, 0.05) is 54.0 Å². The fourth-order valence-electron chi connectivity index (χ4n) is 5.53. The maximum absolute atomic E-state index is 12.0. The number of hydrogen-bond acceptors (Lipinski definition) is 9. The number of methoxy groups -OCH3 is 2. The molecule has 2 unspecified atom stereocenters. The van der Waals surface area contributed by atoms with Gasteiger partial charge in [-0.1, -0.05) is 29.8 Å². The molecule has 1 aromatic carbocycles. The van der Waals surface area contributed by atoms with Gasteiger partial charge in [0.1, 0.15) is 23.1 Å². The largest absolute Gasteiger partial charge is 0.495 e. The predicted octanol–water partition coefficient (Wildman–Crippen LogP) is 5.81. The van der Waals surface area contributed by atoms with Crippen molar-refractivity contribution in [1.82, 2.24) is 9.97 Å². The molecular formula is C30H34Cl2N4O5. The first kappa shape index (κ1) is 29.4. The van der Waals surface area contributed by atoms with Crippen molar-refractivity contribution in [3.05, 3.63) is 47.1 Å². The van der Waals surface area contributed by atoms with E-state index in [1.54, 1.807) is 26.5 Å². The first-order valence-electron chi connectivity index (χ1n) is 13.5. The van der Waals surface area contributed by atoms with Gasteiger partial charge in [0.15, 0.2) is 5.78 Å². The SMILES string of the molecule is C=CC(=O)C[C@H]1COC[C@H]1Nc1cc2c(N3CC(C)OC(C)C3)nc(-c3c(Cl)c(OC)cc(OC)c3Cl)cc2cn1. The average molecular weight is 602 g/mol. The van der Waals surface area contributed by atoms with Gasteiger partial charge in [-0.3, -0.25) is 4.79 Å². The molecule has 0 aliphatic carbocycles. The van der Waals surface area contributed by atoms with E-state index >= 15 is 0 Å². The van der Waals surface area contributed by atoms with Gasteiger partial charge in [-0.2, -0.15) is 0 Å². The molecule has 5 rings (SSSR count). The van der Waals surface area contributed by atoms with Gasteiger partial charge in [-0.25, -0.2) is 9.97 Å². The van der Waals surface area contributed by atoms with Crippen LogP contribution in [0.5, 0.6) is 11.5 Å². The summed E-state index contributed by atoms with van der Waals surface area (Å²) in [6.07, 6.45) is 3.57. The number of hydrogen-bond donors (Lipinski definition) is 1. The summed E-state index contributed by atoms with van der Waals surface area (Å²) >= 11 is 13.6. The van der Waals surface area contributed by atoms with Crippen LogP contribution in [0.1, 0.15) is 20.3 Å². The minimum Gasteiger partial charge on any atom is -0.495 e. The number of ether oxygens (including phenoxy) is 4. The van der Waals surface area contributed by atoms with Crippen LogP contribution in [0, 0.1) is 5.92 Å². The number of nitrogens with one attached hydrogen (secondary N) is 1. The standard InChI is InChI=1S/C30H34Cl2N4O5/c1-6-20(37)7-19-14-40-15-23(19)34-26-9-21-18(11-33-26)8-22(35-30(21)36-12-16(2)41-17(3)13-36)27-28(31)24(38-4)10-25(39-5)29(27)32/h6,8-11,16-17,19,23H,1,7,12-15H2,2-5H3,(H,33,34)/t16?,17?,19-,23+/m0/s1. The number of carbonyl (C=O) groups excluding carboxylic acids is 1. The zero-order chi connectivity index (χ0) is 29.3. The van der Waals surface area contributed by atoms with Crippen molar-refractivity contribution in [2.45, 2.75) is 38.5 Å². The van der Waals surface area contributed by atoms with Crippen molar-refractivity contribution in [2.24, 2.45) is 5.92 Å². The Bertz CT molecular complexity index is 1430.